The molecular weight excluding hydrogens is 310 g/mol. The van der Waals surface area contributed by atoms with Crippen molar-refractivity contribution < 1.29 is 9.53 Å². The van der Waals surface area contributed by atoms with E-state index in [-0.39, 0.29) is 18.2 Å². The van der Waals surface area contributed by atoms with Crippen LogP contribution in [0.1, 0.15) is 62.7 Å². The molecule has 0 aromatic carbocycles. The molecule has 0 unspecified atom stereocenters. The molecule has 1 aliphatic carbocycles. The molecule has 128 valence electrons. The summed E-state index contributed by atoms with van der Waals surface area (Å²) in [6.45, 7) is 7.80. The third-order valence-corrected chi connectivity index (χ3v) is 5.73. The van der Waals surface area contributed by atoms with Crippen molar-refractivity contribution in [3.63, 3.8) is 0 Å². The number of hydrogen-bond donors (Lipinski definition) is 2. The van der Waals surface area contributed by atoms with E-state index >= 15 is 0 Å². The van der Waals surface area contributed by atoms with Crippen molar-refractivity contribution in [2.24, 2.45) is 11.8 Å². The number of ether oxygens (including phenoxy) is 1. The molecule has 5 nitrogen and oxygen atoms in total. The van der Waals surface area contributed by atoms with Crippen LogP contribution in [-0.4, -0.2) is 30.3 Å². The molecule has 1 aromatic rings. The molecule has 2 heterocycles. The minimum Gasteiger partial charge on any atom is -0.378 e. The summed E-state index contributed by atoms with van der Waals surface area (Å²) in [5.74, 6) is 1.57. The van der Waals surface area contributed by atoms with Crippen molar-refractivity contribution in [2.45, 2.75) is 58.1 Å². The average molecular weight is 337 g/mol. The van der Waals surface area contributed by atoms with Crippen LogP contribution in [0.3, 0.4) is 0 Å². The molecule has 2 N–H and O–H groups in total. The maximum atomic E-state index is 12.1. The summed E-state index contributed by atoms with van der Waals surface area (Å²) in [6, 6.07) is -0.174. The zero-order valence-electron chi connectivity index (χ0n) is 14.2. The summed E-state index contributed by atoms with van der Waals surface area (Å²) in [5.41, 5.74) is 0.969. The van der Waals surface area contributed by atoms with E-state index in [1.54, 1.807) is 11.3 Å². The van der Waals surface area contributed by atoms with Gasteiger partial charge < -0.3 is 15.4 Å². The van der Waals surface area contributed by atoms with Gasteiger partial charge in [-0.25, -0.2) is 9.78 Å². The van der Waals surface area contributed by atoms with Crippen LogP contribution < -0.4 is 10.6 Å². The third kappa shape index (κ3) is 4.23. The fraction of sp³-hybridized carbons (Fsp3) is 0.765. The normalized spacial score (nSPS) is 25.6. The van der Waals surface area contributed by atoms with Crippen LogP contribution in [0, 0.1) is 11.8 Å². The Morgan fingerprint density at radius 3 is 2.87 bits per heavy atom. The number of urea groups is 1. The van der Waals surface area contributed by atoms with Gasteiger partial charge in [0.05, 0.1) is 22.8 Å². The standard InChI is InChI=1S/C17H27N3O2S/c1-10(2)15-13(6-7-22-15)8-18-17(21)19-11(3)14-9-23-16(20-14)12-4-5-12/h9-13,15H,4-8H2,1-3H3,(H2,18,19,21)/t11-,13+,15+/m0/s1. The maximum Gasteiger partial charge on any atom is 0.315 e. The Morgan fingerprint density at radius 2 is 2.17 bits per heavy atom. The molecule has 0 spiro atoms. The molecule has 2 aliphatic rings. The first-order valence-electron chi connectivity index (χ1n) is 8.66. The first-order valence-corrected chi connectivity index (χ1v) is 9.54. The smallest absolute Gasteiger partial charge is 0.315 e. The summed E-state index contributed by atoms with van der Waals surface area (Å²) >= 11 is 1.71. The molecule has 1 saturated heterocycles. The zero-order chi connectivity index (χ0) is 16.4. The van der Waals surface area contributed by atoms with Crippen molar-refractivity contribution in [3.05, 3.63) is 16.1 Å². The molecule has 3 atom stereocenters. The summed E-state index contributed by atoms with van der Waals surface area (Å²) in [6.07, 6.45) is 3.80. The molecule has 2 amide bonds. The molecular formula is C17H27N3O2S. The van der Waals surface area contributed by atoms with E-state index in [4.69, 9.17) is 4.74 Å². The van der Waals surface area contributed by atoms with Gasteiger partial charge in [-0.1, -0.05) is 13.8 Å². The van der Waals surface area contributed by atoms with Crippen LogP contribution in [0.5, 0.6) is 0 Å². The second kappa shape index (κ2) is 7.18. The summed E-state index contributed by atoms with van der Waals surface area (Å²) in [4.78, 5) is 16.8. The van der Waals surface area contributed by atoms with Crippen LogP contribution in [0.15, 0.2) is 5.38 Å². The molecule has 6 heteroatoms. The van der Waals surface area contributed by atoms with Crippen molar-refractivity contribution in [1.29, 1.82) is 0 Å². The largest absolute Gasteiger partial charge is 0.378 e. The van der Waals surface area contributed by atoms with E-state index in [0.29, 0.717) is 24.3 Å². The summed E-state index contributed by atoms with van der Waals surface area (Å²) < 4.78 is 5.76. The van der Waals surface area contributed by atoms with Gasteiger partial charge in [-0.05, 0) is 32.1 Å². The number of nitrogens with one attached hydrogen (secondary N) is 2. The molecule has 0 bridgehead atoms. The van der Waals surface area contributed by atoms with Gasteiger partial charge in [-0.2, -0.15) is 0 Å². The van der Waals surface area contributed by atoms with E-state index in [9.17, 15) is 4.79 Å². The van der Waals surface area contributed by atoms with E-state index in [0.717, 1.165) is 18.7 Å². The summed E-state index contributed by atoms with van der Waals surface area (Å²) in [5, 5.41) is 9.27. The lowest BCUT2D eigenvalue weighted by molar-refractivity contribution is 0.0545. The van der Waals surface area contributed by atoms with E-state index in [1.165, 1.54) is 17.8 Å². The number of rotatable bonds is 6. The molecule has 1 aliphatic heterocycles. The fourth-order valence-electron chi connectivity index (χ4n) is 3.17. The first-order chi connectivity index (χ1) is 11.0. The van der Waals surface area contributed by atoms with E-state index in [1.807, 2.05) is 6.92 Å². The lowest BCUT2D eigenvalue weighted by atomic mass is 9.93. The van der Waals surface area contributed by atoms with Gasteiger partial charge in [0.15, 0.2) is 0 Å². The SMILES string of the molecule is CC(C)[C@H]1OCC[C@@H]1CNC(=O)N[C@@H](C)c1csc(C2CC2)n1. The molecule has 23 heavy (non-hydrogen) atoms. The Morgan fingerprint density at radius 1 is 1.39 bits per heavy atom. The van der Waals surface area contributed by atoms with Crippen molar-refractivity contribution in [3.8, 4) is 0 Å². The number of hydrogen-bond acceptors (Lipinski definition) is 4. The Bertz CT molecular complexity index is 542. The Balaban J connectivity index is 1.44. The second-order valence-electron chi connectivity index (χ2n) is 7.09. The number of aromatic nitrogens is 1. The number of carbonyl (C=O) groups excluding carboxylic acids is 1. The minimum atomic E-state index is -0.118. The first kappa shape index (κ1) is 16.7. The number of nitrogens with zero attached hydrogens (tertiary/aromatic N) is 1. The molecule has 0 radical (unpaired) electrons. The van der Waals surface area contributed by atoms with Crippen molar-refractivity contribution in [2.75, 3.05) is 13.2 Å². The lowest BCUT2D eigenvalue weighted by Gasteiger charge is -2.22. The zero-order valence-corrected chi connectivity index (χ0v) is 15.0. The van der Waals surface area contributed by atoms with Gasteiger partial charge in [0.25, 0.3) is 0 Å². The van der Waals surface area contributed by atoms with Crippen LogP contribution in [0.2, 0.25) is 0 Å². The average Bonchev–Trinajstić information content (AvgIpc) is 3.05. The van der Waals surface area contributed by atoms with Gasteiger partial charge in [0.2, 0.25) is 0 Å². The van der Waals surface area contributed by atoms with E-state index in [2.05, 4.69) is 34.8 Å². The highest BCUT2D eigenvalue weighted by Crippen LogP contribution is 2.41. The molecule has 3 rings (SSSR count). The van der Waals surface area contributed by atoms with Gasteiger partial charge >= 0.3 is 6.03 Å². The Labute approximate surface area is 142 Å². The Kier molecular flexibility index (Phi) is 5.21. The quantitative estimate of drug-likeness (QED) is 0.836. The minimum absolute atomic E-state index is 0.0560. The topological polar surface area (TPSA) is 63.2 Å². The molecule has 1 saturated carbocycles. The van der Waals surface area contributed by atoms with Gasteiger partial charge in [0.1, 0.15) is 0 Å². The predicted molar refractivity (Wildman–Crippen MR) is 91.7 cm³/mol. The molecule has 2 fully saturated rings. The predicted octanol–water partition coefficient (Wildman–Crippen LogP) is 3.44. The van der Waals surface area contributed by atoms with Crippen LogP contribution >= 0.6 is 11.3 Å². The van der Waals surface area contributed by atoms with Crippen LogP contribution in [-0.2, 0) is 4.74 Å². The van der Waals surface area contributed by atoms with Crippen LogP contribution in [0.25, 0.3) is 0 Å². The van der Waals surface area contributed by atoms with Gasteiger partial charge in [-0.15, -0.1) is 11.3 Å². The fourth-order valence-corrected chi connectivity index (χ4v) is 4.26. The highest BCUT2D eigenvalue weighted by Gasteiger charge is 2.31. The maximum absolute atomic E-state index is 12.1. The van der Waals surface area contributed by atoms with Gasteiger partial charge in [0, 0.05) is 30.4 Å². The number of carbonyl (C=O) groups is 1. The number of thiazole rings is 1. The Hall–Kier alpha value is -1.14. The van der Waals surface area contributed by atoms with Crippen molar-refractivity contribution >= 4 is 17.4 Å². The highest BCUT2D eigenvalue weighted by molar-refractivity contribution is 7.09. The lowest BCUT2D eigenvalue weighted by Crippen LogP contribution is -2.41. The highest BCUT2D eigenvalue weighted by atomic mass is 32.1. The van der Waals surface area contributed by atoms with Crippen LogP contribution in [0.4, 0.5) is 4.79 Å². The second-order valence-corrected chi connectivity index (χ2v) is 7.98. The monoisotopic (exact) mass is 337 g/mol. The van der Waals surface area contributed by atoms with E-state index < -0.39 is 0 Å². The summed E-state index contributed by atoms with van der Waals surface area (Å²) in [7, 11) is 0. The molecule has 1 aromatic heterocycles. The third-order valence-electron chi connectivity index (χ3n) is 4.70. The van der Waals surface area contributed by atoms with Gasteiger partial charge in [-0.3, -0.25) is 0 Å². The van der Waals surface area contributed by atoms with Crippen molar-refractivity contribution in [1.82, 2.24) is 15.6 Å². The number of amides is 2.